The lowest BCUT2D eigenvalue weighted by Gasteiger charge is -2.33. The molecule has 0 bridgehead atoms. The van der Waals surface area contributed by atoms with Gasteiger partial charge in [0.25, 0.3) is 0 Å². The summed E-state index contributed by atoms with van der Waals surface area (Å²) < 4.78 is 0. The van der Waals surface area contributed by atoms with Crippen LogP contribution in [0.15, 0.2) is 0 Å². The molecule has 0 aromatic rings. The van der Waals surface area contributed by atoms with Gasteiger partial charge in [0.2, 0.25) is 11.8 Å². The summed E-state index contributed by atoms with van der Waals surface area (Å²) in [6, 6.07) is 0. The van der Waals surface area contributed by atoms with Gasteiger partial charge in [-0.05, 0) is 12.8 Å². The first-order chi connectivity index (χ1) is 7.97. The molecule has 98 valence electrons. The molecule has 1 rings (SSSR count). The number of hydrogen-bond donors (Lipinski definition) is 0. The molecule has 1 saturated heterocycles. The molecule has 0 spiro atoms. The van der Waals surface area contributed by atoms with E-state index in [-0.39, 0.29) is 23.7 Å². The van der Waals surface area contributed by atoms with Gasteiger partial charge in [0, 0.05) is 32.0 Å². The normalized spacial score (nSPS) is 17.4. The van der Waals surface area contributed by atoms with E-state index in [1.165, 1.54) is 12.2 Å². The maximum Gasteiger partial charge on any atom is 0.249 e. The first-order valence-electron chi connectivity index (χ1n) is 6.07. The summed E-state index contributed by atoms with van der Waals surface area (Å²) in [6.07, 6.45) is 1.45. The number of hydroxylamine groups is 2. The summed E-state index contributed by atoms with van der Waals surface area (Å²) in [5.41, 5.74) is 0. The average Bonchev–Trinajstić information content (AvgIpc) is 2.36. The van der Waals surface area contributed by atoms with Crippen LogP contribution in [0.5, 0.6) is 0 Å². The molecule has 0 unspecified atom stereocenters. The Morgan fingerprint density at radius 3 is 2.24 bits per heavy atom. The van der Waals surface area contributed by atoms with Crippen LogP contribution in [0.3, 0.4) is 0 Å². The highest BCUT2D eigenvalue weighted by atomic mass is 16.7. The van der Waals surface area contributed by atoms with Crippen molar-refractivity contribution < 1.29 is 14.4 Å². The Kier molecular flexibility index (Phi) is 4.93. The molecule has 1 heterocycles. The molecule has 0 N–H and O–H groups in total. The average molecular weight is 242 g/mol. The SMILES string of the molecule is CON(C)C(=O)C1CCN(C(=O)C(C)C)CC1. The molecule has 1 fully saturated rings. The van der Waals surface area contributed by atoms with Gasteiger partial charge < -0.3 is 4.90 Å². The number of carbonyl (C=O) groups is 2. The zero-order valence-electron chi connectivity index (χ0n) is 11.1. The Labute approximate surface area is 103 Å². The fourth-order valence-corrected chi connectivity index (χ4v) is 2.06. The van der Waals surface area contributed by atoms with Gasteiger partial charge in [0.15, 0.2) is 0 Å². The summed E-state index contributed by atoms with van der Waals surface area (Å²) in [5, 5.41) is 1.27. The Morgan fingerprint density at radius 1 is 1.29 bits per heavy atom. The number of hydrogen-bond acceptors (Lipinski definition) is 3. The minimum Gasteiger partial charge on any atom is -0.342 e. The van der Waals surface area contributed by atoms with Crippen molar-refractivity contribution in [1.29, 1.82) is 0 Å². The third-order valence-corrected chi connectivity index (χ3v) is 3.23. The van der Waals surface area contributed by atoms with Gasteiger partial charge in [-0.15, -0.1) is 0 Å². The summed E-state index contributed by atoms with van der Waals surface area (Å²) in [5.74, 6) is 0.195. The fourth-order valence-electron chi connectivity index (χ4n) is 2.06. The van der Waals surface area contributed by atoms with Crippen LogP contribution in [0.4, 0.5) is 0 Å². The lowest BCUT2D eigenvalue weighted by Crippen LogP contribution is -2.44. The van der Waals surface area contributed by atoms with Gasteiger partial charge in [-0.1, -0.05) is 13.8 Å². The number of rotatable bonds is 3. The molecule has 1 aliphatic heterocycles. The minimum absolute atomic E-state index is 0.00384. The van der Waals surface area contributed by atoms with Gasteiger partial charge in [-0.25, -0.2) is 5.06 Å². The standard InChI is InChI=1S/C12H22N2O3/c1-9(2)11(15)14-7-5-10(6-8-14)12(16)13(3)17-4/h9-10H,5-8H2,1-4H3. The number of carbonyl (C=O) groups excluding carboxylic acids is 2. The van der Waals surface area contributed by atoms with Crippen LogP contribution in [-0.4, -0.2) is 49.0 Å². The van der Waals surface area contributed by atoms with Crippen molar-refractivity contribution >= 4 is 11.8 Å². The van der Waals surface area contributed by atoms with Gasteiger partial charge in [0.1, 0.15) is 0 Å². The molecule has 1 aliphatic rings. The third kappa shape index (κ3) is 3.43. The van der Waals surface area contributed by atoms with Crippen molar-refractivity contribution in [3.63, 3.8) is 0 Å². The lowest BCUT2D eigenvalue weighted by atomic mass is 9.95. The maximum absolute atomic E-state index is 11.8. The molecular weight excluding hydrogens is 220 g/mol. The molecular formula is C12H22N2O3. The smallest absolute Gasteiger partial charge is 0.249 e. The van der Waals surface area contributed by atoms with E-state index in [4.69, 9.17) is 4.84 Å². The number of nitrogens with zero attached hydrogens (tertiary/aromatic N) is 2. The van der Waals surface area contributed by atoms with E-state index >= 15 is 0 Å². The molecule has 0 aliphatic carbocycles. The second kappa shape index (κ2) is 6.00. The van der Waals surface area contributed by atoms with Crippen molar-refractivity contribution in [2.24, 2.45) is 11.8 Å². The van der Waals surface area contributed by atoms with E-state index in [9.17, 15) is 9.59 Å². The Balaban J connectivity index is 2.46. The molecule has 0 atom stereocenters. The molecule has 5 heteroatoms. The third-order valence-electron chi connectivity index (χ3n) is 3.23. The topological polar surface area (TPSA) is 49.9 Å². The second-order valence-corrected chi connectivity index (χ2v) is 4.77. The highest BCUT2D eigenvalue weighted by Gasteiger charge is 2.29. The molecule has 0 saturated carbocycles. The Morgan fingerprint density at radius 2 is 1.82 bits per heavy atom. The van der Waals surface area contributed by atoms with Gasteiger partial charge >= 0.3 is 0 Å². The van der Waals surface area contributed by atoms with E-state index in [0.29, 0.717) is 13.1 Å². The fraction of sp³-hybridized carbons (Fsp3) is 0.833. The minimum atomic E-state index is -0.0174. The van der Waals surface area contributed by atoms with Gasteiger partial charge in [-0.3, -0.25) is 14.4 Å². The predicted molar refractivity (Wildman–Crippen MR) is 63.9 cm³/mol. The maximum atomic E-state index is 11.8. The monoisotopic (exact) mass is 242 g/mol. The zero-order valence-corrected chi connectivity index (χ0v) is 11.1. The van der Waals surface area contributed by atoms with Crippen molar-refractivity contribution in [2.75, 3.05) is 27.2 Å². The van der Waals surface area contributed by atoms with Crippen LogP contribution < -0.4 is 0 Å². The lowest BCUT2D eigenvalue weighted by molar-refractivity contribution is -0.175. The number of amides is 2. The van der Waals surface area contributed by atoms with Crippen LogP contribution in [0.2, 0.25) is 0 Å². The first-order valence-corrected chi connectivity index (χ1v) is 6.07. The van der Waals surface area contributed by atoms with Crippen molar-refractivity contribution in [3.05, 3.63) is 0 Å². The first kappa shape index (κ1) is 14.0. The van der Waals surface area contributed by atoms with Gasteiger partial charge in [0.05, 0.1) is 7.11 Å². The molecule has 5 nitrogen and oxygen atoms in total. The van der Waals surface area contributed by atoms with E-state index in [2.05, 4.69) is 0 Å². The Bertz CT molecular complexity index is 283. The van der Waals surface area contributed by atoms with E-state index in [1.807, 2.05) is 18.7 Å². The van der Waals surface area contributed by atoms with E-state index in [0.717, 1.165) is 12.8 Å². The van der Waals surface area contributed by atoms with Crippen LogP contribution in [-0.2, 0) is 14.4 Å². The van der Waals surface area contributed by atoms with Crippen LogP contribution >= 0.6 is 0 Å². The zero-order chi connectivity index (χ0) is 13.0. The molecule has 2 amide bonds. The summed E-state index contributed by atoms with van der Waals surface area (Å²) in [6.45, 7) is 5.15. The van der Waals surface area contributed by atoms with Crippen molar-refractivity contribution in [1.82, 2.24) is 9.96 Å². The van der Waals surface area contributed by atoms with Crippen LogP contribution in [0.1, 0.15) is 26.7 Å². The highest BCUT2D eigenvalue weighted by Crippen LogP contribution is 2.20. The van der Waals surface area contributed by atoms with Crippen molar-refractivity contribution in [2.45, 2.75) is 26.7 Å². The quantitative estimate of drug-likeness (QED) is 0.691. The Hall–Kier alpha value is -1.10. The molecule has 0 aromatic carbocycles. The largest absolute Gasteiger partial charge is 0.342 e. The predicted octanol–water partition coefficient (Wildman–Crippen LogP) is 0.901. The van der Waals surface area contributed by atoms with Crippen LogP contribution in [0, 0.1) is 11.8 Å². The summed E-state index contributed by atoms with van der Waals surface area (Å²) >= 11 is 0. The van der Waals surface area contributed by atoms with E-state index in [1.54, 1.807) is 7.05 Å². The van der Waals surface area contributed by atoms with E-state index < -0.39 is 0 Å². The summed E-state index contributed by atoms with van der Waals surface area (Å²) in [4.78, 5) is 30.3. The number of likely N-dealkylation sites (tertiary alicyclic amines) is 1. The molecule has 17 heavy (non-hydrogen) atoms. The highest BCUT2D eigenvalue weighted by molar-refractivity contribution is 5.80. The molecule has 0 radical (unpaired) electrons. The van der Waals surface area contributed by atoms with Crippen LogP contribution in [0.25, 0.3) is 0 Å². The molecule has 0 aromatic heterocycles. The number of piperidine rings is 1. The van der Waals surface area contributed by atoms with Crippen molar-refractivity contribution in [3.8, 4) is 0 Å². The summed E-state index contributed by atoms with van der Waals surface area (Å²) in [7, 11) is 3.10. The van der Waals surface area contributed by atoms with Gasteiger partial charge in [-0.2, -0.15) is 0 Å². The second-order valence-electron chi connectivity index (χ2n) is 4.77.